The lowest BCUT2D eigenvalue weighted by atomic mass is 9.79. The number of carbonyl (C=O) groups is 3. The Morgan fingerprint density at radius 1 is 1.17 bits per heavy atom. The molecule has 2 aliphatic rings. The summed E-state index contributed by atoms with van der Waals surface area (Å²) in [6.45, 7) is 4.22. The minimum absolute atomic E-state index is 0.0442. The van der Waals surface area contributed by atoms with E-state index in [-0.39, 0.29) is 30.2 Å². The average Bonchev–Trinajstić information content (AvgIpc) is 3.48. The van der Waals surface area contributed by atoms with Crippen LogP contribution in [0.25, 0.3) is 0 Å². The van der Waals surface area contributed by atoms with Crippen molar-refractivity contribution < 1.29 is 23.9 Å². The number of furan rings is 1. The Hall–Kier alpha value is -2.87. The van der Waals surface area contributed by atoms with Crippen molar-refractivity contribution in [1.82, 2.24) is 5.32 Å². The second-order valence-corrected chi connectivity index (χ2v) is 8.97. The lowest BCUT2D eigenvalue weighted by molar-refractivity contribution is -0.148. The standard InChI is InChI=1S/C22H24N2O5S/c1-11(2)16-13-5-6-14(16)18(22(27)28)17(13)20(26)24-21-15(7-9-30-21)19(25)23-10-12-4-3-8-29-12/h3-4,7-9,13-14,17-18H,5-6,10H2,1-2H3,(H,23,25)(H,24,26)(H,27,28)/t13-,14-,17+,18+/m1/s1. The van der Waals surface area contributed by atoms with Crippen molar-refractivity contribution in [2.75, 3.05) is 5.32 Å². The molecule has 2 aromatic heterocycles. The van der Waals surface area contributed by atoms with Gasteiger partial charge in [-0.3, -0.25) is 14.4 Å². The topological polar surface area (TPSA) is 109 Å². The summed E-state index contributed by atoms with van der Waals surface area (Å²) in [6.07, 6.45) is 3.17. The molecular formula is C22H24N2O5S. The third kappa shape index (κ3) is 3.56. The molecule has 0 aromatic carbocycles. The van der Waals surface area contributed by atoms with Crippen LogP contribution in [-0.4, -0.2) is 22.9 Å². The first-order valence-corrected chi connectivity index (χ1v) is 10.9. The second-order valence-electron chi connectivity index (χ2n) is 8.05. The molecule has 2 aromatic rings. The molecule has 30 heavy (non-hydrogen) atoms. The number of amides is 2. The lowest BCUT2D eigenvalue weighted by Crippen LogP contribution is -2.38. The summed E-state index contributed by atoms with van der Waals surface area (Å²) in [4.78, 5) is 37.7. The van der Waals surface area contributed by atoms with Gasteiger partial charge in [0.25, 0.3) is 5.91 Å². The van der Waals surface area contributed by atoms with E-state index in [9.17, 15) is 19.5 Å². The van der Waals surface area contributed by atoms with E-state index in [0.717, 1.165) is 24.0 Å². The number of carboxylic acids is 1. The molecule has 2 saturated carbocycles. The smallest absolute Gasteiger partial charge is 0.307 e. The number of carbonyl (C=O) groups excluding carboxylic acids is 2. The van der Waals surface area contributed by atoms with Gasteiger partial charge in [-0.1, -0.05) is 11.1 Å². The molecule has 2 aliphatic carbocycles. The summed E-state index contributed by atoms with van der Waals surface area (Å²) < 4.78 is 5.21. The van der Waals surface area contributed by atoms with E-state index >= 15 is 0 Å². The number of thiophene rings is 1. The number of anilines is 1. The van der Waals surface area contributed by atoms with Gasteiger partial charge in [-0.2, -0.15) is 0 Å². The summed E-state index contributed by atoms with van der Waals surface area (Å²) >= 11 is 1.25. The van der Waals surface area contributed by atoms with Gasteiger partial charge < -0.3 is 20.2 Å². The van der Waals surface area contributed by atoms with Crippen molar-refractivity contribution in [3.05, 3.63) is 52.3 Å². The number of fused-ring (bicyclic) bond motifs is 2. The van der Waals surface area contributed by atoms with E-state index in [1.807, 2.05) is 13.8 Å². The van der Waals surface area contributed by atoms with Gasteiger partial charge in [0.15, 0.2) is 0 Å². The molecule has 0 aliphatic heterocycles. The highest BCUT2D eigenvalue weighted by atomic mass is 32.1. The molecule has 158 valence electrons. The Balaban J connectivity index is 1.51. The van der Waals surface area contributed by atoms with Crippen molar-refractivity contribution in [2.45, 2.75) is 33.2 Å². The lowest BCUT2D eigenvalue weighted by Gasteiger charge is -2.26. The molecule has 4 rings (SSSR count). The molecule has 0 radical (unpaired) electrons. The summed E-state index contributed by atoms with van der Waals surface area (Å²) in [5.41, 5.74) is 2.60. The number of hydrogen-bond acceptors (Lipinski definition) is 5. The van der Waals surface area contributed by atoms with E-state index in [0.29, 0.717) is 16.3 Å². The molecule has 3 N–H and O–H groups in total. The van der Waals surface area contributed by atoms with Gasteiger partial charge in [0.1, 0.15) is 10.8 Å². The van der Waals surface area contributed by atoms with Gasteiger partial charge in [0, 0.05) is 0 Å². The first-order valence-electron chi connectivity index (χ1n) is 9.97. The summed E-state index contributed by atoms with van der Waals surface area (Å²) in [5, 5.41) is 17.6. The molecule has 2 fully saturated rings. The van der Waals surface area contributed by atoms with Crippen molar-refractivity contribution in [2.24, 2.45) is 23.7 Å². The molecule has 7 nitrogen and oxygen atoms in total. The molecule has 2 bridgehead atoms. The molecule has 0 unspecified atom stereocenters. The fourth-order valence-electron chi connectivity index (χ4n) is 5.06. The maximum atomic E-state index is 13.2. The Labute approximate surface area is 178 Å². The summed E-state index contributed by atoms with van der Waals surface area (Å²) in [7, 11) is 0. The molecule has 2 amide bonds. The van der Waals surface area contributed by atoms with Crippen LogP contribution in [0.4, 0.5) is 5.00 Å². The van der Waals surface area contributed by atoms with Gasteiger partial charge in [-0.05, 0) is 62.1 Å². The highest BCUT2D eigenvalue weighted by Gasteiger charge is 2.57. The predicted molar refractivity (Wildman–Crippen MR) is 112 cm³/mol. The third-order valence-corrected chi connectivity index (χ3v) is 6.99. The minimum Gasteiger partial charge on any atom is -0.481 e. The normalized spacial score (nSPS) is 24.7. The van der Waals surface area contributed by atoms with Crippen LogP contribution in [0.2, 0.25) is 0 Å². The van der Waals surface area contributed by atoms with E-state index < -0.39 is 17.8 Å². The monoisotopic (exact) mass is 428 g/mol. The first-order chi connectivity index (χ1) is 14.4. The number of rotatable bonds is 6. The zero-order valence-electron chi connectivity index (χ0n) is 16.8. The van der Waals surface area contributed by atoms with Crippen LogP contribution in [-0.2, 0) is 16.1 Å². The Bertz CT molecular complexity index is 1000. The van der Waals surface area contributed by atoms with Crippen molar-refractivity contribution in [3.8, 4) is 0 Å². The highest BCUT2D eigenvalue weighted by Crippen LogP contribution is 2.57. The van der Waals surface area contributed by atoms with Crippen molar-refractivity contribution in [1.29, 1.82) is 0 Å². The highest BCUT2D eigenvalue weighted by molar-refractivity contribution is 7.14. The van der Waals surface area contributed by atoms with E-state index in [1.165, 1.54) is 17.6 Å². The number of aliphatic carboxylic acids is 1. The van der Waals surface area contributed by atoms with Crippen LogP contribution in [0.5, 0.6) is 0 Å². The largest absolute Gasteiger partial charge is 0.481 e. The van der Waals surface area contributed by atoms with Gasteiger partial charge in [-0.25, -0.2) is 0 Å². The maximum Gasteiger partial charge on any atom is 0.307 e. The minimum atomic E-state index is -0.927. The fourth-order valence-corrected chi connectivity index (χ4v) is 5.85. The van der Waals surface area contributed by atoms with Crippen LogP contribution in [0, 0.1) is 23.7 Å². The van der Waals surface area contributed by atoms with E-state index in [1.54, 1.807) is 23.6 Å². The van der Waals surface area contributed by atoms with Crippen molar-refractivity contribution >= 4 is 34.1 Å². The number of hydrogen-bond donors (Lipinski definition) is 3. The van der Waals surface area contributed by atoms with E-state index in [4.69, 9.17) is 4.42 Å². The molecular weight excluding hydrogens is 404 g/mol. The number of carboxylic acid groups (broad SMARTS) is 1. The first kappa shape index (κ1) is 20.4. The van der Waals surface area contributed by atoms with Crippen LogP contribution >= 0.6 is 11.3 Å². The van der Waals surface area contributed by atoms with Gasteiger partial charge in [-0.15, -0.1) is 11.3 Å². The SMILES string of the molecule is CC(C)=C1[C@H]2CC[C@H]1[C@H](C(=O)Nc1sccc1C(=O)NCc1ccco1)[C@H]2C(=O)O. The Morgan fingerprint density at radius 2 is 1.90 bits per heavy atom. The fraction of sp³-hybridized carbons (Fsp3) is 0.409. The molecule has 2 heterocycles. The van der Waals surface area contributed by atoms with Crippen LogP contribution in [0.15, 0.2) is 45.4 Å². The van der Waals surface area contributed by atoms with Gasteiger partial charge in [0.05, 0.1) is 30.2 Å². The Kier molecular flexibility index (Phi) is 5.51. The predicted octanol–water partition coefficient (Wildman–Crippen LogP) is 3.90. The van der Waals surface area contributed by atoms with Gasteiger partial charge >= 0.3 is 5.97 Å². The molecule has 0 saturated heterocycles. The molecule has 4 atom stereocenters. The van der Waals surface area contributed by atoms with Crippen LogP contribution in [0.1, 0.15) is 42.8 Å². The molecule has 8 heteroatoms. The van der Waals surface area contributed by atoms with Crippen LogP contribution < -0.4 is 10.6 Å². The quantitative estimate of drug-likeness (QED) is 0.605. The van der Waals surface area contributed by atoms with Crippen molar-refractivity contribution in [3.63, 3.8) is 0 Å². The Morgan fingerprint density at radius 3 is 2.53 bits per heavy atom. The van der Waals surface area contributed by atoms with E-state index in [2.05, 4.69) is 10.6 Å². The number of nitrogens with one attached hydrogen (secondary N) is 2. The third-order valence-electron chi connectivity index (χ3n) is 6.16. The average molecular weight is 429 g/mol. The zero-order valence-corrected chi connectivity index (χ0v) is 17.6. The van der Waals surface area contributed by atoms with Crippen LogP contribution in [0.3, 0.4) is 0 Å². The summed E-state index contributed by atoms with van der Waals surface area (Å²) in [5.74, 6) is -2.40. The molecule has 0 spiro atoms. The zero-order chi connectivity index (χ0) is 21.4. The summed E-state index contributed by atoms with van der Waals surface area (Å²) in [6, 6.07) is 5.15. The maximum absolute atomic E-state index is 13.2. The number of allylic oxidation sites excluding steroid dienone is 2. The van der Waals surface area contributed by atoms with Gasteiger partial charge in [0.2, 0.25) is 5.91 Å². The second kappa shape index (κ2) is 8.10.